The number of carbonyl (C=O) groups excluding carboxylic acids is 1. The zero-order valence-electron chi connectivity index (χ0n) is 13.3. The van der Waals surface area contributed by atoms with Crippen LogP contribution in [-0.2, 0) is 4.79 Å². The van der Waals surface area contributed by atoms with Crippen molar-refractivity contribution in [3.05, 3.63) is 75.8 Å². The Hall–Kier alpha value is -2.60. The van der Waals surface area contributed by atoms with Gasteiger partial charge in [-0.2, -0.15) is 0 Å². The lowest BCUT2D eigenvalue weighted by atomic mass is 10.2. The lowest BCUT2D eigenvalue weighted by Crippen LogP contribution is -2.23. The zero-order chi connectivity index (χ0) is 17.4. The van der Waals surface area contributed by atoms with Crippen LogP contribution in [-0.4, -0.2) is 23.1 Å². The number of carbonyl (C=O) groups is 1. The minimum absolute atomic E-state index is 0.0322. The topological polar surface area (TPSA) is 72.2 Å². The normalized spacial score (nSPS) is 10.7. The predicted molar refractivity (Wildman–Crippen MR) is 97.0 cm³/mol. The fraction of sp³-hybridized carbons (Fsp3) is 0.167. The Balaban J connectivity index is 1.72. The van der Waals surface area contributed by atoms with Gasteiger partial charge >= 0.3 is 0 Å². The fourth-order valence-corrected chi connectivity index (χ4v) is 2.68. The molecule has 0 heterocycles. The van der Waals surface area contributed by atoms with E-state index in [9.17, 15) is 14.9 Å². The minimum atomic E-state index is -0.452. The Kier molecular flexibility index (Phi) is 6.57. The minimum Gasteiger partial charge on any atom is -0.352 e. The van der Waals surface area contributed by atoms with Crippen LogP contribution in [0.2, 0.25) is 0 Å². The van der Waals surface area contributed by atoms with Gasteiger partial charge in [0.1, 0.15) is 0 Å². The van der Waals surface area contributed by atoms with Crippen LogP contribution in [0, 0.1) is 17.0 Å². The lowest BCUT2D eigenvalue weighted by molar-refractivity contribution is -0.384. The van der Waals surface area contributed by atoms with E-state index < -0.39 is 4.92 Å². The van der Waals surface area contributed by atoms with Gasteiger partial charge in [0.2, 0.25) is 5.91 Å². The van der Waals surface area contributed by atoms with E-state index in [4.69, 9.17) is 0 Å². The third-order valence-corrected chi connectivity index (χ3v) is 4.24. The summed E-state index contributed by atoms with van der Waals surface area (Å²) < 4.78 is 0. The summed E-state index contributed by atoms with van der Waals surface area (Å²) in [5.41, 5.74) is 2.00. The Bertz CT molecular complexity index is 725. The zero-order valence-corrected chi connectivity index (χ0v) is 14.1. The molecule has 1 N–H and O–H groups in total. The Morgan fingerprint density at radius 3 is 2.46 bits per heavy atom. The monoisotopic (exact) mass is 342 g/mol. The maximum Gasteiger partial charge on any atom is 0.269 e. The first-order chi connectivity index (χ1) is 11.5. The first-order valence-electron chi connectivity index (χ1n) is 7.44. The van der Waals surface area contributed by atoms with Gasteiger partial charge in [-0.25, -0.2) is 0 Å². The third kappa shape index (κ3) is 5.89. The average molecular weight is 342 g/mol. The molecule has 0 fully saturated rings. The van der Waals surface area contributed by atoms with E-state index >= 15 is 0 Å². The van der Waals surface area contributed by atoms with Crippen LogP contribution in [0.4, 0.5) is 5.69 Å². The van der Waals surface area contributed by atoms with Gasteiger partial charge in [0.15, 0.2) is 0 Å². The standard InChI is InChI=1S/C18H18N2O3S/c1-14-2-9-17(10-3-14)24-13-12-19-18(21)11-6-15-4-7-16(8-5-15)20(22)23/h2-11H,12-13H2,1H3,(H,19,21)/b11-6+. The van der Waals surface area contributed by atoms with Crippen molar-refractivity contribution in [2.75, 3.05) is 12.3 Å². The molecule has 0 saturated heterocycles. The highest BCUT2D eigenvalue weighted by atomic mass is 32.2. The van der Waals surface area contributed by atoms with Crippen LogP contribution >= 0.6 is 11.8 Å². The number of non-ortho nitro benzene ring substituents is 1. The molecule has 2 aromatic carbocycles. The molecule has 0 unspecified atom stereocenters. The second-order valence-electron chi connectivity index (χ2n) is 5.13. The number of hydrogen-bond donors (Lipinski definition) is 1. The highest BCUT2D eigenvalue weighted by Gasteiger charge is 2.02. The van der Waals surface area contributed by atoms with Gasteiger partial charge in [-0.05, 0) is 42.8 Å². The molecule has 24 heavy (non-hydrogen) atoms. The quantitative estimate of drug-likeness (QED) is 0.273. The average Bonchev–Trinajstić information content (AvgIpc) is 2.59. The van der Waals surface area contributed by atoms with E-state index in [1.165, 1.54) is 28.7 Å². The molecule has 2 rings (SSSR count). The van der Waals surface area contributed by atoms with Crippen LogP contribution < -0.4 is 5.32 Å². The van der Waals surface area contributed by atoms with Crippen LogP contribution in [0.1, 0.15) is 11.1 Å². The number of nitrogens with one attached hydrogen (secondary N) is 1. The molecule has 0 aromatic heterocycles. The van der Waals surface area contributed by atoms with Crippen molar-refractivity contribution in [3.8, 4) is 0 Å². The Morgan fingerprint density at radius 1 is 1.17 bits per heavy atom. The summed E-state index contributed by atoms with van der Waals surface area (Å²) in [6.45, 7) is 2.62. The van der Waals surface area contributed by atoms with Crippen LogP contribution in [0.3, 0.4) is 0 Å². The summed E-state index contributed by atoms with van der Waals surface area (Å²) in [4.78, 5) is 23.0. The van der Waals surface area contributed by atoms with Gasteiger partial charge in [0.25, 0.3) is 5.69 Å². The number of amides is 1. The summed E-state index contributed by atoms with van der Waals surface area (Å²) in [7, 11) is 0. The molecule has 0 aliphatic heterocycles. The molecule has 1 amide bonds. The molecule has 0 aliphatic rings. The number of nitrogens with zero attached hydrogens (tertiary/aromatic N) is 1. The predicted octanol–water partition coefficient (Wildman–Crippen LogP) is 3.82. The van der Waals surface area contributed by atoms with E-state index in [1.54, 1.807) is 30.0 Å². The van der Waals surface area contributed by atoms with Gasteiger partial charge in [-0.15, -0.1) is 11.8 Å². The van der Waals surface area contributed by atoms with E-state index in [0.717, 1.165) is 11.3 Å². The van der Waals surface area contributed by atoms with Crippen LogP contribution in [0.5, 0.6) is 0 Å². The maximum atomic E-state index is 11.7. The molecule has 2 aromatic rings. The number of thioether (sulfide) groups is 1. The Labute approximate surface area is 144 Å². The maximum absolute atomic E-state index is 11.7. The van der Waals surface area contributed by atoms with Crippen molar-refractivity contribution in [2.24, 2.45) is 0 Å². The lowest BCUT2D eigenvalue weighted by Gasteiger charge is -2.03. The van der Waals surface area contributed by atoms with Gasteiger partial charge in [0.05, 0.1) is 4.92 Å². The smallest absolute Gasteiger partial charge is 0.269 e. The van der Waals surface area contributed by atoms with E-state index in [2.05, 4.69) is 29.6 Å². The number of aryl methyl sites for hydroxylation is 1. The van der Waals surface area contributed by atoms with Crippen molar-refractivity contribution >= 4 is 29.4 Å². The SMILES string of the molecule is Cc1ccc(SCCNC(=O)/C=C/c2ccc([N+](=O)[O-])cc2)cc1. The summed E-state index contributed by atoms with van der Waals surface area (Å²) in [6, 6.07) is 14.3. The fourth-order valence-electron chi connectivity index (χ4n) is 1.92. The highest BCUT2D eigenvalue weighted by molar-refractivity contribution is 7.99. The number of hydrogen-bond acceptors (Lipinski definition) is 4. The number of rotatable bonds is 7. The van der Waals surface area contributed by atoms with Gasteiger partial charge in [-0.3, -0.25) is 14.9 Å². The van der Waals surface area contributed by atoms with E-state index in [-0.39, 0.29) is 11.6 Å². The highest BCUT2D eigenvalue weighted by Crippen LogP contribution is 2.17. The largest absolute Gasteiger partial charge is 0.352 e. The molecule has 0 aliphatic carbocycles. The Morgan fingerprint density at radius 2 is 1.83 bits per heavy atom. The second kappa shape index (κ2) is 8.88. The summed E-state index contributed by atoms with van der Waals surface area (Å²) in [5.74, 6) is 0.609. The van der Waals surface area contributed by atoms with Crippen molar-refractivity contribution < 1.29 is 9.72 Å². The molecule has 0 atom stereocenters. The molecule has 5 nitrogen and oxygen atoms in total. The van der Waals surface area contributed by atoms with Gasteiger partial charge < -0.3 is 5.32 Å². The third-order valence-electron chi connectivity index (χ3n) is 3.22. The summed E-state index contributed by atoms with van der Waals surface area (Å²) in [5, 5.41) is 13.4. The molecule has 124 valence electrons. The van der Waals surface area contributed by atoms with Crippen molar-refractivity contribution in [2.45, 2.75) is 11.8 Å². The van der Waals surface area contributed by atoms with Crippen molar-refractivity contribution in [3.63, 3.8) is 0 Å². The molecule has 0 bridgehead atoms. The molecular formula is C18H18N2O3S. The molecular weight excluding hydrogens is 324 g/mol. The summed E-state index contributed by atoms with van der Waals surface area (Å²) >= 11 is 1.69. The van der Waals surface area contributed by atoms with Crippen LogP contribution in [0.25, 0.3) is 6.08 Å². The van der Waals surface area contributed by atoms with E-state index in [0.29, 0.717) is 6.54 Å². The van der Waals surface area contributed by atoms with Crippen LogP contribution in [0.15, 0.2) is 59.5 Å². The van der Waals surface area contributed by atoms with Gasteiger partial charge in [0, 0.05) is 35.4 Å². The first-order valence-corrected chi connectivity index (χ1v) is 8.43. The molecule has 0 spiro atoms. The first kappa shape index (κ1) is 17.7. The van der Waals surface area contributed by atoms with E-state index in [1.807, 2.05) is 6.92 Å². The second-order valence-corrected chi connectivity index (χ2v) is 6.30. The van der Waals surface area contributed by atoms with Crippen molar-refractivity contribution in [1.29, 1.82) is 0 Å². The number of nitro groups is 1. The summed E-state index contributed by atoms with van der Waals surface area (Å²) in [6.07, 6.45) is 3.06. The molecule has 0 saturated carbocycles. The number of benzene rings is 2. The van der Waals surface area contributed by atoms with Gasteiger partial charge in [-0.1, -0.05) is 17.7 Å². The van der Waals surface area contributed by atoms with Crippen molar-refractivity contribution in [1.82, 2.24) is 5.32 Å². The number of nitro benzene ring substituents is 1. The molecule has 0 radical (unpaired) electrons. The molecule has 6 heteroatoms.